The minimum Gasteiger partial charge on any atom is -0.452 e. The quantitative estimate of drug-likeness (QED) is 0.450. The first-order chi connectivity index (χ1) is 10.5. The summed E-state index contributed by atoms with van der Waals surface area (Å²) in [5.74, 6) is 1.47. The summed E-state index contributed by atoms with van der Waals surface area (Å²) < 4.78 is 4.90. The second-order valence-electron chi connectivity index (χ2n) is 7.30. The van der Waals surface area contributed by atoms with Crippen LogP contribution in [0.4, 0.5) is 0 Å². The second kappa shape index (κ2) is 4.67. The van der Waals surface area contributed by atoms with Crippen molar-refractivity contribution in [3.05, 3.63) is 12.2 Å². The third-order valence-corrected chi connectivity index (χ3v) is 6.30. The molecule has 22 heavy (non-hydrogen) atoms. The molecule has 0 aromatic rings. The number of fused-ring (bicyclic) bond motifs is 8. The molecule has 0 spiro atoms. The highest BCUT2D eigenvalue weighted by Crippen LogP contribution is 2.65. The second-order valence-corrected chi connectivity index (χ2v) is 7.30. The predicted molar refractivity (Wildman–Crippen MR) is 77.3 cm³/mol. The smallest absolute Gasteiger partial charge is 0.333 e. The topological polar surface area (TPSA) is 63.7 Å². The summed E-state index contributed by atoms with van der Waals surface area (Å²) in [6.07, 6.45) is 4.87. The van der Waals surface area contributed by atoms with Crippen LogP contribution < -0.4 is 0 Å². The Morgan fingerprint density at radius 3 is 2.59 bits per heavy atom. The van der Waals surface area contributed by atoms with E-state index >= 15 is 0 Å². The molecular weight excluding hydrogens is 282 g/mol. The molecule has 118 valence electrons. The van der Waals surface area contributed by atoms with Gasteiger partial charge in [0, 0.05) is 5.57 Å². The van der Waals surface area contributed by atoms with Gasteiger partial charge in [0.1, 0.15) is 0 Å². The summed E-state index contributed by atoms with van der Waals surface area (Å²) in [6, 6.07) is 0.0767. The van der Waals surface area contributed by atoms with E-state index < -0.39 is 5.97 Å². The average Bonchev–Trinajstić information content (AvgIpc) is 3.13. The molecule has 4 rings (SSSR count). The van der Waals surface area contributed by atoms with E-state index in [0.29, 0.717) is 23.7 Å². The lowest BCUT2D eigenvalue weighted by molar-refractivity contribution is -0.176. The van der Waals surface area contributed by atoms with Crippen molar-refractivity contribution in [2.24, 2.45) is 29.6 Å². The highest BCUT2D eigenvalue weighted by Gasteiger charge is 2.69. The highest BCUT2D eigenvalue weighted by atomic mass is 16.5. The van der Waals surface area contributed by atoms with Gasteiger partial charge in [0.25, 0.3) is 5.91 Å². The molecule has 6 unspecified atom stereocenters. The molecule has 0 aromatic carbocycles. The zero-order valence-electron chi connectivity index (χ0n) is 12.8. The molecule has 1 aliphatic heterocycles. The molecule has 3 saturated carbocycles. The van der Waals surface area contributed by atoms with Gasteiger partial charge >= 0.3 is 5.97 Å². The molecule has 3 aliphatic carbocycles. The van der Waals surface area contributed by atoms with Gasteiger partial charge in [0.2, 0.25) is 5.91 Å². The van der Waals surface area contributed by atoms with Crippen LogP contribution in [0.15, 0.2) is 12.2 Å². The third-order valence-electron chi connectivity index (χ3n) is 6.30. The fraction of sp³-hybridized carbons (Fsp3) is 0.706. The van der Waals surface area contributed by atoms with Gasteiger partial charge in [-0.05, 0) is 49.9 Å². The summed E-state index contributed by atoms with van der Waals surface area (Å²) in [4.78, 5) is 37.4. The van der Waals surface area contributed by atoms with Gasteiger partial charge in [-0.1, -0.05) is 13.0 Å². The number of carbonyl (C=O) groups excluding carboxylic acids is 3. The molecule has 1 saturated heterocycles. The number of likely N-dealkylation sites (tertiary alicyclic amines) is 1. The van der Waals surface area contributed by atoms with Crippen molar-refractivity contribution in [2.45, 2.75) is 38.6 Å². The van der Waals surface area contributed by atoms with E-state index in [-0.39, 0.29) is 36.0 Å². The van der Waals surface area contributed by atoms with Gasteiger partial charge in [0.15, 0.2) is 6.61 Å². The van der Waals surface area contributed by atoms with Crippen LogP contribution in [0.2, 0.25) is 0 Å². The molecule has 4 aliphatic rings. The minimum atomic E-state index is -0.582. The van der Waals surface area contributed by atoms with Crippen LogP contribution in [-0.4, -0.2) is 35.3 Å². The van der Waals surface area contributed by atoms with Crippen LogP contribution in [0, 0.1) is 29.6 Å². The Hall–Kier alpha value is -1.65. The normalized spacial score (nSPS) is 41.0. The van der Waals surface area contributed by atoms with Crippen LogP contribution >= 0.6 is 0 Å². The van der Waals surface area contributed by atoms with E-state index in [9.17, 15) is 14.4 Å². The van der Waals surface area contributed by atoms with Crippen LogP contribution in [0.5, 0.6) is 0 Å². The molecule has 2 amide bonds. The van der Waals surface area contributed by atoms with Crippen molar-refractivity contribution < 1.29 is 19.1 Å². The van der Waals surface area contributed by atoms with Crippen LogP contribution in [0.3, 0.4) is 0 Å². The van der Waals surface area contributed by atoms with E-state index in [2.05, 4.69) is 6.58 Å². The fourth-order valence-electron chi connectivity index (χ4n) is 5.59. The number of hydrogen-bond donors (Lipinski definition) is 0. The van der Waals surface area contributed by atoms with Crippen molar-refractivity contribution in [2.75, 3.05) is 6.61 Å². The number of hydrogen-bond acceptors (Lipinski definition) is 4. The lowest BCUT2D eigenvalue weighted by atomic mass is 9.67. The van der Waals surface area contributed by atoms with Gasteiger partial charge in [-0.3, -0.25) is 14.5 Å². The Labute approximate surface area is 129 Å². The first-order valence-electron chi connectivity index (χ1n) is 8.19. The lowest BCUT2D eigenvalue weighted by Gasteiger charge is -2.51. The molecule has 5 nitrogen and oxygen atoms in total. The van der Waals surface area contributed by atoms with Crippen molar-refractivity contribution in [1.82, 2.24) is 4.90 Å². The average molecular weight is 303 g/mol. The number of amides is 2. The Bertz CT molecular complexity index is 583. The van der Waals surface area contributed by atoms with E-state index in [1.165, 1.54) is 31.1 Å². The highest BCUT2D eigenvalue weighted by molar-refractivity contribution is 6.04. The number of carbonyl (C=O) groups is 3. The molecule has 2 bridgehead atoms. The maximum Gasteiger partial charge on any atom is 0.333 e. The Morgan fingerprint density at radius 1 is 1.23 bits per heavy atom. The number of esters is 1. The summed E-state index contributed by atoms with van der Waals surface area (Å²) in [5, 5.41) is 0. The third kappa shape index (κ3) is 1.68. The number of nitrogens with zero attached hydrogens (tertiary/aromatic N) is 1. The van der Waals surface area contributed by atoms with E-state index in [1.54, 1.807) is 0 Å². The maximum atomic E-state index is 12.4. The maximum absolute atomic E-state index is 12.4. The van der Waals surface area contributed by atoms with Gasteiger partial charge in [-0.25, -0.2) is 4.79 Å². The molecule has 4 fully saturated rings. The Balaban J connectivity index is 1.44. The zero-order valence-corrected chi connectivity index (χ0v) is 12.8. The van der Waals surface area contributed by atoms with Gasteiger partial charge in [-0.2, -0.15) is 0 Å². The lowest BCUT2D eigenvalue weighted by Crippen LogP contribution is -2.67. The molecule has 0 radical (unpaired) electrons. The Kier molecular flexibility index (Phi) is 2.97. The number of imide groups is 1. The predicted octanol–water partition coefficient (Wildman–Crippen LogP) is 1.53. The van der Waals surface area contributed by atoms with Crippen molar-refractivity contribution in [3.63, 3.8) is 0 Å². The number of rotatable bonds is 3. The molecular formula is C17H21NO4. The van der Waals surface area contributed by atoms with Gasteiger partial charge < -0.3 is 4.74 Å². The van der Waals surface area contributed by atoms with E-state index in [0.717, 1.165) is 6.42 Å². The van der Waals surface area contributed by atoms with Crippen LogP contribution in [-0.2, 0) is 19.1 Å². The minimum absolute atomic E-state index is 0.0424. The Morgan fingerprint density at radius 2 is 1.91 bits per heavy atom. The van der Waals surface area contributed by atoms with Crippen molar-refractivity contribution >= 4 is 17.8 Å². The number of β-lactam (4-membered cyclic amide) rings is 1. The van der Waals surface area contributed by atoms with Gasteiger partial charge in [0.05, 0.1) is 12.0 Å². The van der Waals surface area contributed by atoms with E-state index in [4.69, 9.17) is 4.74 Å². The SMILES string of the molecule is C=C(C)C(=O)OCC(=O)N1C(=O)C2C3CC(C4CCCC43)C21. The number of ether oxygens (including phenoxy) is 1. The largest absolute Gasteiger partial charge is 0.452 e. The van der Waals surface area contributed by atoms with Gasteiger partial charge in [-0.15, -0.1) is 0 Å². The monoisotopic (exact) mass is 303 g/mol. The summed E-state index contributed by atoms with van der Waals surface area (Å²) in [5.41, 5.74) is 0.259. The first kappa shape index (κ1) is 14.0. The summed E-state index contributed by atoms with van der Waals surface area (Å²) in [6.45, 7) is 4.66. The molecule has 6 atom stereocenters. The summed E-state index contributed by atoms with van der Waals surface area (Å²) in [7, 11) is 0. The standard InChI is InChI=1S/C17H21NO4/c1-8(2)17(21)22-7-13(19)18-15-12-6-11(14(15)16(18)20)9-4-3-5-10(9)12/h9-12,14-15H,1,3-7H2,2H3. The van der Waals surface area contributed by atoms with Crippen LogP contribution in [0.25, 0.3) is 0 Å². The van der Waals surface area contributed by atoms with Crippen LogP contribution in [0.1, 0.15) is 32.6 Å². The zero-order chi connectivity index (χ0) is 15.6. The van der Waals surface area contributed by atoms with Crippen molar-refractivity contribution in [1.29, 1.82) is 0 Å². The van der Waals surface area contributed by atoms with Crippen molar-refractivity contribution in [3.8, 4) is 0 Å². The molecule has 1 heterocycles. The summed E-state index contributed by atoms with van der Waals surface area (Å²) >= 11 is 0. The fourth-order valence-corrected chi connectivity index (χ4v) is 5.59. The molecule has 0 aromatic heterocycles. The van der Waals surface area contributed by atoms with E-state index in [1.807, 2.05) is 0 Å². The first-order valence-corrected chi connectivity index (χ1v) is 8.19. The molecule has 5 heteroatoms. The molecule has 0 N–H and O–H groups in total.